The second-order valence-electron chi connectivity index (χ2n) is 11.8. The lowest BCUT2D eigenvalue weighted by molar-refractivity contribution is -0.138. The average molecular weight is 659 g/mol. The van der Waals surface area contributed by atoms with Gasteiger partial charge in [-0.1, -0.05) is 30.3 Å². The van der Waals surface area contributed by atoms with E-state index in [1.807, 2.05) is 4.90 Å². The van der Waals surface area contributed by atoms with Crippen molar-refractivity contribution in [3.63, 3.8) is 0 Å². The lowest BCUT2D eigenvalue weighted by Gasteiger charge is -2.40. The number of hydrogen-bond donors (Lipinski definition) is 1. The fraction of sp³-hybridized carbons (Fsp3) is 0.333. The molecule has 0 bridgehead atoms. The molecule has 3 aromatic carbocycles. The van der Waals surface area contributed by atoms with Crippen LogP contribution in [0.4, 0.5) is 26.3 Å². The molecule has 47 heavy (non-hydrogen) atoms. The van der Waals surface area contributed by atoms with Gasteiger partial charge in [-0.05, 0) is 59.5 Å². The molecule has 6 rings (SSSR count). The van der Waals surface area contributed by atoms with Gasteiger partial charge in [-0.25, -0.2) is 0 Å². The van der Waals surface area contributed by atoms with Crippen molar-refractivity contribution in [2.24, 2.45) is 0 Å². The molecule has 14 heteroatoms. The summed E-state index contributed by atoms with van der Waals surface area (Å²) in [5, 5.41) is 2.16. The summed E-state index contributed by atoms with van der Waals surface area (Å²) in [5.41, 5.74) is 0.441. The first-order valence-corrected chi connectivity index (χ1v) is 14.9. The second-order valence-corrected chi connectivity index (χ2v) is 11.8. The molecule has 0 spiro atoms. The minimum atomic E-state index is -4.54. The number of imide groups is 2. The first kappa shape index (κ1) is 32.4. The van der Waals surface area contributed by atoms with Crippen molar-refractivity contribution in [2.45, 2.75) is 43.8 Å². The molecule has 4 amide bonds. The summed E-state index contributed by atoms with van der Waals surface area (Å²) in [4.78, 5) is 55.1. The molecule has 2 fully saturated rings. The van der Waals surface area contributed by atoms with Crippen LogP contribution >= 0.6 is 0 Å². The molecule has 8 nitrogen and oxygen atoms in total. The van der Waals surface area contributed by atoms with Crippen LogP contribution in [0.3, 0.4) is 0 Å². The summed E-state index contributed by atoms with van der Waals surface area (Å²) in [7, 11) is 0. The molecule has 246 valence electrons. The third kappa shape index (κ3) is 6.52. The molecule has 3 aliphatic heterocycles. The Balaban J connectivity index is 1.17. The quantitative estimate of drug-likeness (QED) is 0.295. The number of piperazine rings is 1. The summed E-state index contributed by atoms with van der Waals surface area (Å²) < 4.78 is 79.4. The summed E-state index contributed by atoms with van der Waals surface area (Å²) >= 11 is 0. The number of halogens is 6. The van der Waals surface area contributed by atoms with Gasteiger partial charge in [0.25, 0.3) is 11.8 Å². The number of carbonyl (C=O) groups excluding carboxylic acids is 4. The number of amides is 4. The van der Waals surface area contributed by atoms with E-state index < -0.39 is 59.2 Å². The average Bonchev–Trinajstić information content (AvgIpc) is 3.26. The van der Waals surface area contributed by atoms with Crippen LogP contribution in [-0.4, -0.2) is 70.5 Å². The van der Waals surface area contributed by atoms with Crippen molar-refractivity contribution in [2.75, 3.05) is 26.2 Å². The van der Waals surface area contributed by atoms with Crippen LogP contribution in [-0.2, 0) is 28.5 Å². The highest BCUT2D eigenvalue weighted by atomic mass is 19.4. The smallest absolute Gasteiger partial charge is 0.297 e. The van der Waals surface area contributed by atoms with E-state index in [0.29, 0.717) is 43.9 Å². The molecule has 1 atom stereocenters. The molecule has 3 heterocycles. The van der Waals surface area contributed by atoms with Gasteiger partial charge in [-0.2, -0.15) is 26.3 Å². The van der Waals surface area contributed by atoms with Crippen molar-refractivity contribution in [3.8, 4) is 0 Å². The number of fused-ring (bicyclic) bond motifs is 1. The van der Waals surface area contributed by atoms with E-state index >= 15 is 0 Å². The topological polar surface area (TPSA) is 90.0 Å². The third-order valence-corrected chi connectivity index (χ3v) is 8.79. The van der Waals surface area contributed by atoms with Crippen molar-refractivity contribution in [1.82, 2.24) is 20.0 Å². The summed E-state index contributed by atoms with van der Waals surface area (Å²) in [6, 6.07) is 12.4. The molecule has 0 aromatic heterocycles. The number of hydrogen-bond acceptors (Lipinski definition) is 6. The van der Waals surface area contributed by atoms with Gasteiger partial charge in [0.1, 0.15) is 6.04 Å². The number of nitrogens with zero attached hydrogens (tertiary/aromatic N) is 3. The van der Waals surface area contributed by atoms with Crippen LogP contribution in [0.2, 0.25) is 0 Å². The fourth-order valence-corrected chi connectivity index (χ4v) is 6.38. The molecular formula is C33H28F6N4O4. The van der Waals surface area contributed by atoms with Crippen molar-refractivity contribution in [1.29, 1.82) is 0 Å². The molecule has 3 aromatic rings. The Kier molecular flexibility index (Phi) is 8.43. The molecule has 0 radical (unpaired) electrons. The zero-order valence-corrected chi connectivity index (χ0v) is 24.7. The van der Waals surface area contributed by atoms with Gasteiger partial charge < -0.3 is 0 Å². The number of carbonyl (C=O) groups is 4. The van der Waals surface area contributed by atoms with Gasteiger partial charge >= 0.3 is 12.4 Å². The first-order chi connectivity index (χ1) is 22.2. The van der Waals surface area contributed by atoms with E-state index in [0.717, 1.165) is 34.7 Å². The van der Waals surface area contributed by atoms with E-state index in [4.69, 9.17) is 0 Å². The van der Waals surface area contributed by atoms with Gasteiger partial charge in [0, 0.05) is 39.1 Å². The number of nitrogens with one attached hydrogen (secondary N) is 1. The maximum absolute atomic E-state index is 13.2. The maximum atomic E-state index is 13.2. The lowest BCUT2D eigenvalue weighted by atomic mass is 9.94. The molecule has 0 aliphatic carbocycles. The Bertz CT molecular complexity index is 1660. The number of piperidine rings is 1. The number of rotatable bonds is 6. The minimum absolute atomic E-state index is 0.0135. The van der Waals surface area contributed by atoms with E-state index in [-0.39, 0.29) is 24.0 Å². The summed E-state index contributed by atoms with van der Waals surface area (Å²) in [6.45, 7) is 2.30. The predicted molar refractivity (Wildman–Crippen MR) is 155 cm³/mol. The van der Waals surface area contributed by atoms with Gasteiger partial charge in [0.05, 0.1) is 28.3 Å². The van der Waals surface area contributed by atoms with Crippen LogP contribution in [0.5, 0.6) is 0 Å². The summed E-state index contributed by atoms with van der Waals surface area (Å²) in [6.07, 6.45) is -9.01. The van der Waals surface area contributed by atoms with Crippen LogP contribution < -0.4 is 5.32 Å². The molecule has 2 saturated heterocycles. The van der Waals surface area contributed by atoms with Crippen molar-refractivity contribution in [3.05, 3.63) is 106 Å². The number of alkyl halides is 6. The van der Waals surface area contributed by atoms with Crippen LogP contribution in [0.1, 0.15) is 67.4 Å². The molecule has 1 unspecified atom stereocenters. The first-order valence-electron chi connectivity index (χ1n) is 14.9. The normalized spacial score (nSPS) is 19.8. The Morgan fingerprint density at radius 1 is 0.702 bits per heavy atom. The van der Waals surface area contributed by atoms with Crippen molar-refractivity contribution >= 4 is 23.6 Å². The van der Waals surface area contributed by atoms with E-state index in [2.05, 4.69) is 10.2 Å². The number of benzene rings is 3. The van der Waals surface area contributed by atoms with E-state index in [9.17, 15) is 45.5 Å². The van der Waals surface area contributed by atoms with Gasteiger partial charge in [-0.3, -0.25) is 39.2 Å². The van der Waals surface area contributed by atoms with Crippen LogP contribution in [0, 0.1) is 0 Å². The third-order valence-electron chi connectivity index (χ3n) is 8.79. The molecule has 1 N–H and O–H groups in total. The maximum Gasteiger partial charge on any atom is 0.416 e. The van der Waals surface area contributed by atoms with Gasteiger partial charge in [0.2, 0.25) is 11.8 Å². The second kappa shape index (κ2) is 12.2. The highest BCUT2D eigenvalue weighted by Gasteiger charge is 2.44. The summed E-state index contributed by atoms with van der Waals surface area (Å²) in [5.74, 6) is -2.37. The van der Waals surface area contributed by atoms with Crippen LogP contribution in [0.25, 0.3) is 0 Å². The predicted octanol–water partition coefficient (Wildman–Crippen LogP) is 5.03. The molecule has 3 aliphatic rings. The van der Waals surface area contributed by atoms with Crippen LogP contribution in [0.15, 0.2) is 66.7 Å². The Morgan fingerprint density at radius 3 is 1.74 bits per heavy atom. The zero-order chi connectivity index (χ0) is 33.7. The van der Waals surface area contributed by atoms with Gasteiger partial charge in [0.15, 0.2) is 0 Å². The monoisotopic (exact) mass is 658 g/mol. The highest BCUT2D eigenvalue weighted by molar-refractivity contribution is 6.23. The Morgan fingerprint density at radius 2 is 1.23 bits per heavy atom. The fourth-order valence-electron chi connectivity index (χ4n) is 6.38. The molecular weight excluding hydrogens is 630 g/mol. The lowest BCUT2D eigenvalue weighted by Crippen LogP contribution is -2.54. The zero-order valence-electron chi connectivity index (χ0n) is 24.7. The van der Waals surface area contributed by atoms with E-state index in [1.165, 1.54) is 30.3 Å². The standard InChI is InChI=1S/C33H28F6N4O4/c34-32(35,36)22-6-2-20(3-7-22)28(21-4-8-23(9-5-21)33(37,38)39)42-15-13-41(14-16-42)18-19-1-10-24-25(17-19)31(47)43(30(24)46)26-11-12-27(44)40-29(26)45/h1-10,17,26,28H,11-16,18H2,(H,40,44,45). The van der Waals surface area contributed by atoms with Gasteiger partial charge in [-0.15, -0.1) is 0 Å². The van der Waals surface area contributed by atoms with E-state index in [1.54, 1.807) is 12.1 Å². The van der Waals surface area contributed by atoms with Crippen molar-refractivity contribution < 1.29 is 45.5 Å². The minimum Gasteiger partial charge on any atom is -0.297 e. The SMILES string of the molecule is O=C1CCC(N2C(=O)c3ccc(CN4CCN(C(c5ccc(C(F)(F)F)cc5)c5ccc(C(F)(F)F)cc5)CC4)cc3C2=O)C(=O)N1. The Hall–Kier alpha value is -4.56. The largest absolute Gasteiger partial charge is 0.416 e. The Labute approximate surface area is 264 Å². The molecule has 0 saturated carbocycles. The highest BCUT2D eigenvalue weighted by Crippen LogP contribution is 2.36.